The fourth-order valence-corrected chi connectivity index (χ4v) is 3.88. The quantitative estimate of drug-likeness (QED) is 0.764. The number of amides is 3. The average Bonchev–Trinajstić information content (AvgIpc) is 2.90. The number of rotatable bonds is 6. The summed E-state index contributed by atoms with van der Waals surface area (Å²) >= 11 is 0. The van der Waals surface area contributed by atoms with E-state index in [4.69, 9.17) is 5.73 Å². The molecule has 3 amide bonds. The van der Waals surface area contributed by atoms with Crippen LogP contribution in [0.4, 0.5) is 0 Å². The second-order valence-corrected chi connectivity index (χ2v) is 7.24. The van der Waals surface area contributed by atoms with Crippen LogP contribution >= 0.6 is 0 Å². The summed E-state index contributed by atoms with van der Waals surface area (Å²) in [5.41, 5.74) is 6.97. The van der Waals surface area contributed by atoms with Gasteiger partial charge >= 0.3 is 0 Å². The molecule has 0 aromatic heterocycles. The molecule has 1 aliphatic heterocycles. The Bertz CT molecular complexity index is 716. The van der Waals surface area contributed by atoms with Gasteiger partial charge < -0.3 is 11.1 Å². The predicted molar refractivity (Wildman–Crippen MR) is 99.0 cm³/mol. The van der Waals surface area contributed by atoms with Gasteiger partial charge in [-0.25, -0.2) is 0 Å². The molecular weight excluding hydrogens is 330 g/mol. The Hall–Kier alpha value is -2.21. The maximum Gasteiger partial charge on any atom is 0.261 e. The first-order valence-corrected chi connectivity index (χ1v) is 9.58. The van der Waals surface area contributed by atoms with Crippen LogP contribution in [0.25, 0.3) is 0 Å². The van der Waals surface area contributed by atoms with E-state index < -0.39 is 0 Å². The first-order chi connectivity index (χ1) is 12.6. The van der Waals surface area contributed by atoms with Crippen molar-refractivity contribution in [2.75, 3.05) is 13.1 Å². The van der Waals surface area contributed by atoms with Gasteiger partial charge in [-0.3, -0.25) is 19.3 Å². The number of carbonyl (C=O) groups excluding carboxylic acids is 3. The van der Waals surface area contributed by atoms with Crippen LogP contribution in [0.3, 0.4) is 0 Å². The van der Waals surface area contributed by atoms with E-state index >= 15 is 0 Å². The number of hydrogen-bond donors (Lipinski definition) is 2. The highest BCUT2D eigenvalue weighted by molar-refractivity contribution is 6.22. The molecule has 1 aromatic rings. The van der Waals surface area contributed by atoms with Crippen molar-refractivity contribution in [3.8, 4) is 0 Å². The molecule has 1 aliphatic carbocycles. The summed E-state index contributed by atoms with van der Waals surface area (Å²) in [5, 5.41) is 3.07. The van der Waals surface area contributed by atoms with Gasteiger partial charge in [0.2, 0.25) is 0 Å². The van der Waals surface area contributed by atoms with Crippen LogP contribution in [0.1, 0.15) is 76.5 Å². The van der Waals surface area contributed by atoms with E-state index in [2.05, 4.69) is 5.32 Å². The van der Waals surface area contributed by atoms with Gasteiger partial charge in [0.1, 0.15) is 0 Å². The molecule has 2 aliphatic rings. The minimum Gasteiger partial charge on any atom is -0.349 e. The molecule has 1 saturated carbocycles. The Labute approximate surface area is 154 Å². The third kappa shape index (κ3) is 3.51. The summed E-state index contributed by atoms with van der Waals surface area (Å²) in [6.45, 7) is 3.00. The first-order valence-electron chi connectivity index (χ1n) is 9.58. The normalized spacial score (nSPS) is 22.5. The second-order valence-electron chi connectivity index (χ2n) is 7.24. The van der Waals surface area contributed by atoms with Crippen LogP contribution in [-0.4, -0.2) is 41.8 Å². The monoisotopic (exact) mass is 357 g/mol. The van der Waals surface area contributed by atoms with Crippen molar-refractivity contribution < 1.29 is 14.4 Å². The Morgan fingerprint density at radius 3 is 2.65 bits per heavy atom. The summed E-state index contributed by atoms with van der Waals surface area (Å²) in [4.78, 5) is 38.9. The smallest absolute Gasteiger partial charge is 0.261 e. The number of carbonyl (C=O) groups is 3. The zero-order chi connectivity index (χ0) is 18.7. The zero-order valence-electron chi connectivity index (χ0n) is 15.3. The molecule has 6 nitrogen and oxygen atoms in total. The Balaban J connectivity index is 1.75. The molecule has 26 heavy (non-hydrogen) atoms. The molecule has 0 radical (unpaired) electrons. The molecule has 0 bridgehead atoms. The molecule has 1 aromatic carbocycles. The number of fused-ring (bicyclic) bond motifs is 1. The molecule has 6 heteroatoms. The van der Waals surface area contributed by atoms with Crippen molar-refractivity contribution in [3.63, 3.8) is 0 Å². The van der Waals surface area contributed by atoms with E-state index in [1.165, 1.54) is 4.90 Å². The third-order valence-electron chi connectivity index (χ3n) is 5.50. The van der Waals surface area contributed by atoms with E-state index in [0.29, 0.717) is 35.7 Å². The largest absolute Gasteiger partial charge is 0.349 e. The number of hydrogen-bond acceptors (Lipinski definition) is 4. The van der Waals surface area contributed by atoms with Gasteiger partial charge in [0, 0.05) is 18.2 Å². The van der Waals surface area contributed by atoms with Crippen LogP contribution < -0.4 is 11.1 Å². The fraction of sp³-hybridized carbons (Fsp3) is 0.550. The number of benzene rings is 1. The Morgan fingerprint density at radius 2 is 1.92 bits per heavy atom. The van der Waals surface area contributed by atoms with Gasteiger partial charge in [0.15, 0.2) is 0 Å². The van der Waals surface area contributed by atoms with Crippen molar-refractivity contribution in [1.29, 1.82) is 0 Å². The van der Waals surface area contributed by atoms with Gasteiger partial charge in [-0.15, -0.1) is 0 Å². The molecule has 2 unspecified atom stereocenters. The zero-order valence-corrected chi connectivity index (χ0v) is 15.3. The van der Waals surface area contributed by atoms with Gasteiger partial charge in [-0.1, -0.05) is 26.2 Å². The maximum absolute atomic E-state index is 12.7. The summed E-state index contributed by atoms with van der Waals surface area (Å²) in [6.07, 6.45) is 5.89. The lowest BCUT2D eigenvalue weighted by Gasteiger charge is -2.31. The van der Waals surface area contributed by atoms with Gasteiger partial charge in [-0.2, -0.15) is 0 Å². The summed E-state index contributed by atoms with van der Waals surface area (Å²) in [7, 11) is 0. The van der Waals surface area contributed by atoms with E-state index in [-0.39, 0.29) is 23.8 Å². The van der Waals surface area contributed by atoms with Crippen LogP contribution in [-0.2, 0) is 0 Å². The lowest BCUT2D eigenvalue weighted by molar-refractivity contribution is 0.0652. The molecular formula is C20H27N3O3. The molecule has 140 valence electrons. The van der Waals surface area contributed by atoms with Crippen molar-refractivity contribution in [3.05, 3.63) is 34.9 Å². The molecule has 0 saturated heterocycles. The Morgan fingerprint density at radius 1 is 1.19 bits per heavy atom. The second kappa shape index (κ2) is 7.99. The highest BCUT2D eigenvalue weighted by atomic mass is 16.2. The fourth-order valence-electron chi connectivity index (χ4n) is 3.88. The van der Waals surface area contributed by atoms with E-state index in [9.17, 15) is 14.4 Å². The SMILES string of the molecule is CCCCN1C(=O)c2ccc(C(=O)NC3CCCCC3CN)cc2C1=O. The topological polar surface area (TPSA) is 92.5 Å². The highest BCUT2D eigenvalue weighted by Gasteiger charge is 2.35. The third-order valence-corrected chi connectivity index (χ3v) is 5.50. The van der Waals surface area contributed by atoms with Crippen molar-refractivity contribution in [2.45, 2.75) is 51.5 Å². The lowest BCUT2D eigenvalue weighted by atomic mass is 9.84. The van der Waals surface area contributed by atoms with Crippen LogP contribution in [0, 0.1) is 5.92 Å². The summed E-state index contributed by atoms with van der Waals surface area (Å²) < 4.78 is 0. The number of nitrogens with two attached hydrogens (primary N) is 1. The van der Waals surface area contributed by atoms with E-state index in [1.807, 2.05) is 6.92 Å². The molecule has 0 spiro atoms. The number of nitrogens with zero attached hydrogens (tertiary/aromatic N) is 1. The molecule has 1 heterocycles. The average molecular weight is 357 g/mol. The van der Waals surface area contributed by atoms with Crippen LogP contribution in [0.15, 0.2) is 18.2 Å². The molecule has 2 atom stereocenters. The van der Waals surface area contributed by atoms with Crippen molar-refractivity contribution in [1.82, 2.24) is 10.2 Å². The van der Waals surface area contributed by atoms with Crippen molar-refractivity contribution in [2.24, 2.45) is 11.7 Å². The van der Waals surface area contributed by atoms with Gasteiger partial charge in [0.25, 0.3) is 17.7 Å². The minimum absolute atomic E-state index is 0.0768. The minimum atomic E-state index is -0.300. The van der Waals surface area contributed by atoms with E-state index in [1.54, 1.807) is 18.2 Å². The number of nitrogens with one attached hydrogen (secondary N) is 1. The summed E-state index contributed by atoms with van der Waals surface area (Å²) in [5.74, 6) is -0.466. The summed E-state index contributed by atoms with van der Waals surface area (Å²) in [6, 6.07) is 4.85. The predicted octanol–water partition coefficient (Wildman–Crippen LogP) is 2.33. The molecule has 3 N–H and O–H groups in total. The van der Waals surface area contributed by atoms with Gasteiger partial charge in [-0.05, 0) is 49.9 Å². The molecule has 1 fully saturated rings. The highest BCUT2D eigenvalue weighted by Crippen LogP contribution is 2.26. The maximum atomic E-state index is 12.7. The first kappa shape index (κ1) is 18.6. The molecule has 3 rings (SSSR count). The standard InChI is InChI=1S/C20H27N3O3/c1-2-3-10-23-19(25)15-9-8-13(11-16(15)20(23)26)18(24)22-17-7-5-4-6-14(17)12-21/h8-9,11,14,17H,2-7,10,12,21H2,1H3,(H,22,24). The van der Waals surface area contributed by atoms with Crippen molar-refractivity contribution >= 4 is 17.7 Å². The van der Waals surface area contributed by atoms with Crippen LogP contribution in [0.2, 0.25) is 0 Å². The van der Waals surface area contributed by atoms with Gasteiger partial charge in [0.05, 0.1) is 11.1 Å². The van der Waals surface area contributed by atoms with Crippen LogP contribution in [0.5, 0.6) is 0 Å². The Kier molecular flexibility index (Phi) is 5.71. The van der Waals surface area contributed by atoms with E-state index in [0.717, 1.165) is 38.5 Å². The lowest BCUT2D eigenvalue weighted by Crippen LogP contribution is -2.44. The number of imide groups is 1. The number of unbranched alkanes of at least 4 members (excludes halogenated alkanes) is 1.